The first kappa shape index (κ1) is 19.1. The predicted molar refractivity (Wildman–Crippen MR) is 101 cm³/mol. The van der Waals surface area contributed by atoms with E-state index in [0.29, 0.717) is 24.2 Å². The third-order valence-electron chi connectivity index (χ3n) is 4.04. The summed E-state index contributed by atoms with van der Waals surface area (Å²) in [6.45, 7) is 0. The van der Waals surface area contributed by atoms with Gasteiger partial charge >= 0.3 is 0 Å². The Bertz CT molecular complexity index is 747. The van der Waals surface area contributed by atoms with Gasteiger partial charge in [-0.3, -0.25) is 4.79 Å². The van der Waals surface area contributed by atoms with Crippen molar-refractivity contribution in [1.82, 2.24) is 0 Å². The van der Waals surface area contributed by atoms with E-state index in [1.807, 2.05) is 24.3 Å². The Morgan fingerprint density at radius 3 is 1.46 bits per heavy atom. The Labute approximate surface area is 151 Å². The molecule has 26 heavy (non-hydrogen) atoms. The van der Waals surface area contributed by atoms with Gasteiger partial charge in [0.2, 0.25) is 0 Å². The minimum absolute atomic E-state index is 0.279. The van der Waals surface area contributed by atoms with Crippen LogP contribution in [0.4, 0.5) is 11.4 Å². The summed E-state index contributed by atoms with van der Waals surface area (Å²) in [4.78, 5) is 17.5. The van der Waals surface area contributed by atoms with Crippen LogP contribution >= 0.6 is 0 Å². The Morgan fingerprint density at radius 1 is 0.731 bits per heavy atom. The van der Waals surface area contributed by atoms with Crippen LogP contribution < -0.4 is 0 Å². The first-order valence-electron chi connectivity index (χ1n) is 8.51. The first-order valence-corrected chi connectivity index (χ1v) is 8.51. The maximum absolute atomic E-state index is 12.0. The van der Waals surface area contributed by atoms with Crippen molar-refractivity contribution >= 4 is 17.2 Å². The molecule has 0 spiro atoms. The van der Waals surface area contributed by atoms with Crippen molar-refractivity contribution in [1.29, 1.82) is 0 Å². The fourth-order valence-electron chi connectivity index (χ4n) is 2.67. The number of benzene rings is 2. The first-order chi connectivity index (χ1) is 12.7. The highest BCUT2D eigenvalue weighted by Gasteiger charge is 2.03. The fourth-order valence-corrected chi connectivity index (χ4v) is 2.67. The van der Waals surface area contributed by atoms with Crippen molar-refractivity contribution in [2.75, 3.05) is 0 Å². The van der Waals surface area contributed by atoms with Crippen LogP contribution in [0.1, 0.15) is 36.8 Å². The van der Waals surface area contributed by atoms with Gasteiger partial charge in [-0.15, -0.1) is 0 Å². The molecule has 0 radical (unpaired) electrons. The van der Waals surface area contributed by atoms with Crippen LogP contribution in [0.15, 0.2) is 58.8 Å². The van der Waals surface area contributed by atoms with Gasteiger partial charge in [-0.25, -0.2) is 0 Å². The monoisotopic (exact) mass is 348 g/mol. The number of carbonyl (C=O) groups excluding carboxylic acids is 1. The molecule has 0 saturated carbocycles. The number of rotatable bonds is 10. The standard InChI is InChI=1S/C19H20N6O/c20-24-22-17-11-7-15(8-12-17)3-1-5-19(26)6-2-4-16-9-13-18(14-10-16)23-25-21/h7-14H,1-6H2. The SMILES string of the molecule is [N-]=[N+]=Nc1ccc(CCCC(=O)CCCc2ccc(N=[N+]=[N-])cc2)cc1. The van der Waals surface area contributed by atoms with Crippen LogP contribution in [0.2, 0.25) is 0 Å². The van der Waals surface area contributed by atoms with E-state index in [1.54, 1.807) is 24.3 Å². The Kier molecular flexibility index (Phi) is 7.74. The summed E-state index contributed by atoms with van der Waals surface area (Å²) in [6.07, 6.45) is 4.47. The van der Waals surface area contributed by atoms with Gasteiger partial charge < -0.3 is 0 Å². The molecule has 0 aromatic heterocycles. The van der Waals surface area contributed by atoms with Crippen LogP contribution in [-0.4, -0.2) is 5.78 Å². The summed E-state index contributed by atoms with van der Waals surface area (Å²) in [5, 5.41) is 7.07. The lowest BCUT2D eigenvalue weighted by atomic mass is 10.0. The van der Waals surface area contributed by atoms with Crippen LogP contribution in [-0.2, 0) is 17.6 Å². The van der Waals surface area contributed by atoms with Crippen LogP contribution in [0.3, 0.4) is 0 Å². The molecule has 0 aliphatic heterocycles. The summed E-state index contributed by atoms with van der Waals surface area (Å²) in [6, 6.07) is 14.8. The highest BCUT2D eigenvalue weighted by molar-refractivity contribution is 5.78. The molecular weight excluding hydrogens is 328 g/mol. The number of carbonyl (C=O) groups is 1. The van der Waals surface area contributed by atoms with Crippen molar-refractivity contribution in [3.63, 3.8) is 0 Å². The van der Waals surface area contributed by atoms with Gasteiger partial charge in [0.1, 0.15) is 5.78 Å². The third kappa shape index (κ3) is 6.69. The average Bonchev–Trinajstić information content (AvgIpc) is 2.65. The van der Waals surface area contributed by atoms with Crippen molar-refractivity contribution in [2.24, 2.45) is 10.2 Å². The molecule has 0 unspecified atom stereocenters. The molecule has 7 heteroatoms. The average molecular weight is 348 g/mol. The van der Waals surface area contributed by atoms with Gasteiger partial charge in [0, 0.05) is 34.0 Å². The Hall–Kier alpha value is -3.27. The van der Waals surface area contributed by atoms with E-state index in [9.17, 15) is 4.79 Å². The third-order valence-corrected chi connectivity index (χ3v) is 4.04. The van der Waals surface area contributed by atoms with Crippen LogP contribution in [0.5, 0.6) is 0 Å². The molecule has 0 atom stereocenters. The molecule has 0 saturated heterocycles. The molecule has 0 aliphatic carbocycles. The van der Waals surface area contributed by atoms with Crippen LogP contribution in [0.25, 0.3) is 20.9 Å². The quantitative estimate of drug-likeness (QED) is 0.272. The summed E-state index contributed by atoms with van der Waals surface area (Å²) >= 11 is 0. The zero-order chi connectivity index (χ0) is 18.6. The van der Waals surface area contributed by atoms with Gasteiger partial charge in [0.25, 0.3) is 0 Å². The molecule has 0 amide bonds. The minimum Gasteiger partial charge on any atom is -0.300 e. The van der Waals surface area contributed by atoms with E-state index < -0.39 is 0 Å². The van der Waals surface area contributed by atoms with Gasteiger partial charge in [-0.05, 0) is 47.9 Å². The highest BCUT2D eigenvalue weighted by Crippen LogP contribution is 2.16. The minimum atomic E-state index is 0.279. The maximum atomic E-state index is 12.0. The van der Waals surface area contributed by atoms with Crippen molar-refractivity contribution < 1.29 is 4.79 Å². The fraction of sp³-hybridized carbons (Fsp3) is 0.316. The Morgan fingerprint density at radius 2 is 1.12 bits per heavy atom. The molecular formula is C19H20N6O. The topological polar surface area (TPSA) is 115 Å². The van der Waals surface area contributed by atoms with E-state index in [4.69, 9.17) is 11.1 Å². The molecule has 7 nitrogen and oxygen atoms in total. The molecule has 0 N–H and O–H groups in total. The smallest absolute Gasteiger partial charge is 0.132 e. The van der Waals surface area contributed by atoms with E-state index in [2.05, 4.69) is 20.1 Å². The molecule has 0 bridgehead atoms. The second-order valence-electron chi connectivity index (χ2n) is 5.96. The lowest BCUT2D eigenvalue weighted by molar-refractivity contribution is -0.119. The summed E-state index contributed by atoms with van der Waals surface area (Å²) in [7, 11) is 0. The second-order valence-corrected chi connectivity index (χ2v) is 5.96. The maximum Gasteiger partial charge on any atom is 0.132 e. The van der Waals surface area contributed by atoms with E-state index in [1.165, 1.54) is 0 Å². The van der Waals surface area contributed by atoms with E-state index >= 15 is 0 Å². The van der Waals surface area contributed by atoms with Crippen molar-refractivity contribution in [3.05, 3.63) is 80.5 Å². The molecule has 2 aromatic rings. The molecule has 0 fully saturated rings. The number of hydrogen-bond donors (Lipinski definition) is 0. The van der Waals surface area contributed by atoms with Crippen molar-refractivity contribution in [2.45, 2.75) is 38.5 Å². The lowest BCUT2D eigenvalue weighted by Gasteiger charge is -2.04. The summed E-state index contributed by atoms with van der Waals surface area (Å²) in [5.74, 6) is 0.279. The molecule has 2 rings (SSSR count). The van der Waals surface area contributed by atoms with E-state index in [-0.39, 0.29) is 5.78 Å². The molecule has 0 aliphatic rings. The van der Waals surface area contributed by atoms with Gasteiger partial charge in [-0.1, -0.05) is 58.8 Å². The summed E-state index contributed by atoms with van der Waals surface area (Å²) in [5.41, 5.74) is 20.2. The van der Waals surface area contributed by atoms with Gasteiger partial charge in [0.15, 0.2) is 0 Å². The number of nitrogens with zero attached hydrogens (tertiary/aromatic N) is 6. The van der Waals surface area contributed by atoms with Crippen LogP contribution in [0, 0.1) is 0 Å². The number of hydrogen-bond acceptors (Lipinski definition) is 3. The normalized spacial score (nSPS) is 9.85. The largest absolute Gasteiger partial charge is 0.300 e. The number of azide groups is 2. The number of Topliss-reactive ketones (excluding diaryl/α,β-unsaturated/α-hetero) is 1. The highest BCUT2D eigenvalue weighted by atomic mass is 16.1. The molecule has 132 valence electrons. The van der Waals surface area contributed by atoms with Crippen molar-refractivity contribution in [3.8, 4) is 0 Å². The van der Waals surface area contributed by atoms with Gasteiger partial charge in [-0.2, -0.15) is 0 Å². The predicted octanol–water partition coefficient (Wildman–Crippen LogP) is 6.48. The van der Waals surface area contributed by atoms with E-state index in [0.717, 1.165) is 36.8 Å². The van der Waals surface area contributed by atoms with Gasteiger partial charge in [0.05, 0.1) is 0 Å². The Balaban J connectivity index is 1.65. The number of aryl methyl sites for hydroxylation is 2. The zero-order valence-corrected chi connectivity index (χ0v) is 14.5. The second kappa shape index (κ2) is 10.6. The zero-order valence-electron chi connectivity index (χ0n) is 14.5. The summed E-state index contributed by atoms with van der Waals surface area (Å²) < 4.78 is 0. The lowest BCUT2D eigenvalue weighted by Crippen LogP contribution is -2.00. The number of ketones is 1. The molecule has 0 heterocycles. The molecule has 2 aromatic carbocycles.